The van der Waals surface area contributed by atoms with Gasteiger partial charge in [-0.1, -0.05) is 11.6 Å². The molecule has 0 unspecified atom stereocenters. The van der Waals surface area contributed by atoms with Gasteiger partial charge in [-0.05, 0) is 55.0 Å². The summed E-state index contributed by atoms with van der Waals surface area (Å²) in [6, 6.07) is 12.0. The number of H-pyrrole nitrogens is 1. The maximum atomic E-state index is 12.3. The van der Waals surface area contributed by atoms with E-state index in [0.29, 0.717) is 16.3 Å². The minimum absolute atomic E-state index is 0.0690. The standard InChI is InChI=1S/C18H15ClN2O3/c1-10-14(9-17(22)23)15-8-13(6-7-16(15)20-10)21-18(24)11-2-4-12(19)5-3-11/h2-8,20H,9H2,1H3,(H,21,24)(H,22,23). The van der Waals surface area contributed by atoms with E-state index < -0.39 is 5.97 Å². The number of carbonyl (C=O) groups is 2. The summed E-state index contributed by atoms with van der Waals surface area (Å²) in [5.74, 6) is -1.15. The van der Waals surface area contributed by atoms with Crippen LogP contribution in [0.1, 0.15) is 21.6 Å². The summed E-state index contributed by atoms with van der Waals surface area (Å²) in [6.07, 6.45) is -0.0690. The van der Waals surface area contributed by atoms with Crippen molar-refractivity contribution in [3.05, 3.63) is 64.3 Å². The second-order valence-electron chi connectivity index (χ2n) is 5.52. The quantitative estimate of drug-likeness (QED) is 0.670. The molecule has 0 saturated heterocycles. The van der Waals surface area contributed by atoms with Gasteiger partial charge in [0.05, 0.1) is 6.42 Å². The molecule has 6 heteroatoms. The van der Waals surface area contributed by atoms with Crippen LogP contribution in [0, 0.1) is 6.92 Å². The zero-order chi connectivity index (χ0) is 17.3. The highest BCUT2D eigenvalue weighted by molar-refractivity contribution is 6.30. The average Bonchev–Trinajstić information content (AvgIpc) is 2.83. The molecule has 0 aliphatic heterocycles. The Morgan fingerprint density at radius 2 is 1.88 bits per heavy atom. The Morgan fingerprint density at radius 1 is 1.17 bits per heavy atom. The Hall–Kier alpha value is -2.79. The van der Waals surface area contributed by atoms with Gasteiger partial charge in [-0.2, -0.15) is 0 Å². The summed E-state index contributed by atoms with van der Waals surface area (Å²) in [5.41, 5.74) is 3.48. The molecule has 3 N–H and O–H groups in total. The smallest absolute Gasteiger partial charge is 0.307 e. The van der Waals surface area contributed by atoms with Crippen LogP contribution >= 0.6 is 11.6 Å². The van der Waals surface area contributed by atoms with Crippen molar-refractivity contribution in [3.63, 3.8) is 0 Å². The third kappa shape index (κ3) is 3.26. The van der Waals surface area contributed by atoms with E-state index in [-0.39, 0.29) is 12.3 Å². The topological polar surface area (TPSA) is 82.2 Å². The Balaban J connectivity index is 1.91. The number of carboxylic acids is 1. The van der Waals surface area contributed by atoms with Crippen LogP contribution in [-0.4, -0.2) is 22.0 Å². The second-order valence-corrected chi connectivity index (χ2v) is 5.96. The number of aromatic nitrogens is 1. The molecule has 0 saturated carbocycles. The number of aliphatic carboxylic acids is 1. The van der Waals surface area contributed by atoms with E-state index in [1.54, 1.807) is 36.4 Å². The summed E-state index contributed by atoms with van der Waals surface area (Å²) >= 11 is 5.82. The average molecular weight is 343 g/mol. The molecule has 3 aromatic rings. The lowest BCUT2D eigenvalue weighted by molar-refractivity contribution is -0.136. The molecule has 0 spiro atoms. The highest BCUT2D eigenvalue weighted by Gasteiger charge is 2.13. The lowest BCUT2D eigenvalue weighted by Gasteiger charge is -2.06. The molecule has 0 aliphatic carbocycles. The van der Waals surface area contributed by atoms with E-state index in [4.69, 9.17) is 16.7 Å². The van der Waals surface area contributed by atoms with Crippen molar-refractivity contribution in [3.8, 4) is 0 Å². The number of hydrogen-bond acceptors (Lipinski definition) is 2. The number of nitrogens with one attached hydrogen (secondary N) is 2. The SMILES string of the molecule is Cc1[nH]c2ccc(NC(=O)c3ccc(Cl)cc3)cc2c1CC(=O)O. The van der Waals surface area contributed by atoms with Crippen LogP contribution in [0.3, 0.4) is 0 Å². The molecule has 0 bridgehead atoms. The van der Waals surface area contributed by atoms with Gasteiger partial charge in [-0.25, -0.2) is 0 Å². The summed E-state index contributed by atoms with van der Waals surface area (Å²) in [5, 5.41) is 13.2. The van der Waals surface area contributed by atoms with Gasteiger partial charge in [0.2, 0.25) is 0 Å². The minimum atomic E-state index is -0.894. The molecule has 0 aliphatic rings. The normalized spacial score (nSPS) is 10.8. The van der Waals surface area contributed by atoms with E-state index >= 15 is 0 Å². The van der Waals surface area contributed by atoms with Gasteiger partial charge in [-0.15, -0.1) is 0 Å². The van der Waals surface area contributed by atoms with Gasteiger partial charge in [-0.3, -0.25) is 9.59 Å². The molecule has 2 aromatic carbocycles. The zero-order valence-electron chi connectivity index (χ0n) is 12.9. The van der Waals surface area contributed by atoms with Crippen LogP contribution in [0.15, 0.2) is 42.5 Å². The van der Waals surface area contributed by atoms with Gasteiger partial charge < -0.3 is 15.4 Å². The first-order valence-electron chi connectivity index (χ1n) is 7.34. The number of benzene rings is 2. The first kappa shape index (κ1) is 16.1. The molecule has 122 valence electrons. The number of aryl methyl sites for hydroxylation is 1. The number of hydrogen-bond donors (Lipinski definition) is 3. The Bertz CT molecular complexity index is 929. The molecule has 0 radical (unpaired) electrons. The Kier molecular flexibility index (Phi) is 4.27. The van der Waals surface area contributed by atoms with Crippen LogP contribution in [0.25, 0.3) is 10.9 Å². The second kappa shape index (κ2) is 6.37. The van der Waals surface area contributed by atoms with E-state index in [9.17, 15) is 9.59 Å². The predicted molar refractivity (Wildman–Crippen MR) is 93.8 cm³/mol. The fraction of sp³-hybridized carbons (Fsp3) is 0.111. The fourth-order valence-corrected chi connectivity index (χ4v) is 2.77. The molecule has 1 heterocycles. The van der Waals surface area contributed by atoms with E-state index in [0.717, 1.165) is 22.2 Å². The zero-order valence-corrected chi connectivity index (χ0v) is 13.6. The van der Waals surface area contributed by atoms with Crippen molar-refractivity contribution in [2.75, 3.05) is 5.32 Å². The highest BCUT2D eigenvalue weighted by atomic mass is 35.5. The van der Waals surface area contributed by atoms with Crippen molar-refractivity contribution in [2.45, 2.75) is 13.3 Å². The molecular weight excluding hydrogens is 328 g/mol. The first-order chi connectivity index (χ1) is 11.4. The van der Waals surface area contributed by atoms with Crippen molar-refractivity contribution in [2.24, 2.45) is 0 Å². The van der Waals surface area contributed by atoms with Gasteiger partial charge in [0.25, 0.3) is 5.91 Å². The van der Waals surface area contributed by atoms with Gasteiger partial charge in [0.15, 0.2) is 0 Å². The molecular formula is C18H15ClN2O3. The predicted octanol–water partition coefficient (Wildman–Crippen LogP) is 4.01. The number of amides is 1. The third-order valence-electron chi connectivity index (χ3n) is 3.81. The van der Waals surface area contributed by atoms with Crippen LogP contribution in [-0.2, 0) is 11.2 Å². The van der Waals surface area contributed by atoms with Gasteiger partial charge in [0.1, 0.15) is 0 Å². The van der Waals surface area contributed by atoms with Crippen molar-refractivity contribution in [1.29, 1.82) is 0 Å². The number of halogens is 1. The number of carboxylic acid groups (broad SMARTS) is 1. The third-order valence-corrected chi connectivity index (χ3v) is 4.06. The minimum Gasteiger partial charge on any atom is -0.481 e. The number of carbonyl (C=O) groups excluding carboxylic acids is 1. The maximum Gasteiger partial charge on any atom is 0.307 e. The molecule has 1 aromatic heterocycles. The number of fused-ring (bicyclic) bond motifs is 1. The van der Waals surface area contributed by atoms with Crippen LogP contribution in [0.5, 0.6) is 0 Å². The fourth-order valence-electron chi connectivity index (χ4n) is 2.64. The van der Waals surface area contributed by atoms with E-state index in [1.165, 1.54) is 0 Å². The summed E-state index contributed by atoms with van der Waals surface area (Å²) in [6.45, 7) is 1.84. The summed E-state index contributed by atoms with van der Waals surface area (Å²) in [7, 11) is 0. The summed E-state index contributed by atoms with van der Waals surface area (Å²) < 4.78 is 0. The maximum absolute atomic E-state index is 12.3. The van der Waals surface area contributed by atoms with Gasteiger partial charge >= 0.3 is 5.97 Å². The molecule has 0 atom stereocenters. The molecule has 1 amide bonds. The molecule has 5 nitrogen and oxygen atoms in total. The summed E-state index contributed by atoms with van der Waals surface area (Å²) in [4.78, 5) is 26.5. The lowest BCUT2D eigenvalue weighted by Crippen LogP contribution is -2.11. The largest absolute Gasteiger partial charge is 0.481 e. The Labute approximate surface area is 143 Å². The molecule has 24 heavy (non-hydrogen) atoms. The van der Waals surface area contributed by atoms with Crippen molar-refractivity contribution in [1.82, 2.24) is 4.98 Å². The monoisotopic (exact) mass is 342 g/mol. The van der Waals surface area contributed by atoms with E-state index in [1.807, 2.05) is 13.0 Å². The number of anilines is 1. The Morgan fingerprint density at radius 3 is 2.54 bits per heavy atom. The number of aromatic amines is 1. The number of rotatable bonds is 4. The highest BCUT2D eigenvalue weighted by Crippen LogP contribution is 2.26. The van der Waals surface area contributed by atoms with Crippen molar-refractivity contribution >= 4 is 40.1 Å². The van der Waals surface area contributed by atoms with Gasteiger partial charge in [0, 0.05) is 32.9 Å². The lowest BCUT2D eigenvalue weighted by atomic mass is 10.1. The van der Waals surface area contributed by atoms with E-state index in [2.05, 4.69) is 10.3 Å². The van der Waals surface area contributed by atoms with Crippen LogP contribution in [0.2, 0.25) is 5.02 Å². The van der Waals surface area contributed by atoms with Crippen molar-refractivity contribution < 1.29 is 14.7 Å². The van der Waals surface area contributed by atoms with Crippen LogP contribution in [0.4, 0.5) is 5.69 Å². The first-order valence-corrected chi connectivity index (χ1v) is 7.72. The molecule has 3 rings (SSSR count). The molecule has 0 fully saturated rings. The van der Waals surface area contributed by atoms with Crippen LogP contribution < -0.4 is 5.32 Å².